The number of hydrogen-bond acceptors (Lipinski definition) is 3. The maximum Gasteiger partial charge on any atom is 0.127 e. The van der Waals surface area contributed by atoms with E-state index < -0.39 is 0 Å². The second-order valence-corrected chi connectivity index (χ2v) is 6.40. The Kier molecular flexibility index (Phi) is 3.78. The number of para-hydroxylation sites is 1. The number of aromatic nitrogens is 1. The molecule has 23 heavy (non-hydrogen) atoms. The van der Waals surface area contributed by atoms with Crippen LogP contribution in [0.1, 0.15) is 4.88 Å². The third kappa shape index (κ3) is 2.96. The van der Waals surface area contributed by atoms with Crippen molar-refractivity contribution in [3.05, 3.63) is 83.1 Å². The van der Waals surface area contributed by atoms with Crippen molar-refractivity contribution in [3.63, 3.8) is 0 Å². The SMILES string of the molecule is c1ccc(-c2cc(NCc3cccs3)nc3ccccc23)cc1. The van der Waals surface area contributed by atoms with E-state index in [1.165, 1.54) is 21.4 Å². The molecular weight excluding hydrogens is 300 g/mol. The zero-order chi connectivity index (χ0) is 15.5. The quantitative estimate of drug-likeness (QED) is 0.532. The first-order valence-electron chi connectivity index (χ1n) is 7.61. The maximum absolute atomic E-state index is 4.75. The summed E-state index contributed by atoms with van der Waals surface area (Å²) in [6, 6.07) is 25.1. The van der Waals surface area contributed by atoms with Crippen molar-refractivity contribution in [1.82, 2.24) is 4.98 Å². The molecule has 112 valence electrons. The number of anilines is 1. The lowest BCUT2D eigenvalue weighted by molar-refractivity contribution is 1.16. The molecular formula is C20H16N2S. The number of benzene rings is 2. The van der Waals surface area contributed by atoms with Crippen molar-refractivity contribution in [2.24, 2.45) is 0 Å². The summed E-state index contributed by atoms with van der Waals surface area (Å²) in [7, 11) is 0. The van der Waals surface area contributed by atoms with E-state index in [1.807, 2.05) is 12.1 Å². The topological polar surface area (TPSA) is 24.9 Å². The summed E-state index contributed by atoms with van der Waals surface area (Å²) < 4.78 is 0. The Morgan fingerprint density at radius 1 is 0.870 bits per heavy atom. The third-order valence-corrected chi connectivity index (χ3v) is 4.70. The zero-order valence-corrected chi connectivity index (χ0v) is 13.4. The minimum atomic E-state index is 0.803. The largest absolute Gasteiger partial charge is 0.365 e. The van der Waals surface area contributed by atoms with Gasteiger partial charge in [-0.25, -0.2) is 4.98 Å². The van der Waals surface area contributed by atoms with Gasteiger partial charge >= 0.3 is 0 Å². The Labute approximate surface area is 139 Å². The van der Waals surface area contributed by atoms with E-state index >= 15 is 0 Å². The zero-order valence-electron chi connectivity index (χ0n) is 12.6. The van der Waals surface area contributed by atoms with E-state index in [9.17, 15) is 0 Å². The molecule has 4 rings (SSSR count). The lowest BCUT2D eigenvalue weighted by Gasteiger charge is -2.11. The Morgan fingerprint density at radius 3 is 2.52 bits per heavy atom. The number of nitrogens with one attached hydrogen (secondary N) is 1. The van der Waals surface area contributed by atoms with Gasteiger partial charge in [-0.15, -0.1) is 11.3 Å². The fourth-order valence-electron chi connectivity index (χ4n) is 2.71. The number of pyridine rings is 1. The van der Waals surface area contributed by atoms with E-state index in [1.54, 1.807) is 11.3 Å². The number of nitrogens with zero attached hydrogens (tertiary/aromatic N) is 1. The van der Waals surface area contributed by atoms with E-state index in [4.69, 9.17) is 4.98 Å². The van der Waals surface area contributed by atoms with E-state index in [0.29, 0.717) is 0 Å². The molecule has 3 heteroatoms. The molecule has 0 unspecified atom stereocenters. The smallest absolute Gasteiger partial charge is 0.127 e. The third-order valence-electron chi connectivity index (χ3n) is 3.82. The van der Waals surface area contributed by atoms with Gasteiger partial charge in [0, 0.05) is 10.3 Å². The van der Waals surface area contributed by atoms with Gasteiger partial charge in [0.05, 0.1) is 12.1 Å². The monoisotopic (exact) mass is 316 g/mol. The maximum atomic E-state index is 4.75. The molecule has 0 fully saturated rings. The van der Waals surface area contributed by atoms with Gasteiger partial charge in [0.25, 0.3) is 0 Å². The normalized spacial score (nSPS) is 10.8. The molecule has 0 radical (unpaired) electrons. The Bertz CT molecular complexity index is 915. The Morgan fingerprint density at radius 2 is 1.70 bits per heavy atom. The molecule has 0 aliphatic heterocycles. The van der Waals surface area contributed by atoms with Crippen LogP contribution in [0.25, 0.3) is 22.0 Å². The van der Waals surface area contributed by atoms with Crippen LogP contribution >= 0.6 is 11.3 Å². The molecule has 2 aromatic heterocycles. The van der Waals surface area contributed by atoms with Crippen molar-refractivity contribution >= 4 is 28.1 Å². The second-order valence-electron chi connectivity index (χ2n) is 5.37. The number of rotatable bonds is 4. The molecule has 0 aliphatic carbocycles. The molecule has 0 saturated carbocycles. The second kappa shape index (κ2) is 6.23. The fourth-order valence-corrected chi connectivity index (χ4v) is 3.36. The first-order valence-corrected chi connectivity index (χ1v) is 8.49. The molecule has 0 amide bonds. The van der Waals surface area contributed by atoms with Gasteiger partial charge < -0.3 is 5.32 Å². The van der Waals surface area contributed by atoms with Gasteiger partial charge in [-0.2, -0.15) is 0 Å². The van der Waals surface area contributed by atoms with Crippen LogP contribution in [0.3, 0.4) is 0 Å². The molecule has 0 aliphatic rings. The van der Waals surface area contributed by atoms with Gasteiger partial charge in [-0.05, 0) is 34.7 Å². The van der Waals surface area contributed by atoms with E-state index in [-0.39, 0.29) is 0 Å². The van der Waals surface area contributed by atoms with Crippen LogP contribution < -0.4 is 5.32 Å². The summed E-state index contributed by atoms with van der Waals surface area (Å²) >= 11 is 1.76. The van der Waals surface area contributed by atoms with Gasteiger partial charge in [0.15, 0.2) is 0 Å². The van der Waals surface area contributed by atoms with Crippen molar-refractivity contribution in [2.75, 3.05) is 5.32 Å². The van der Waals surface area contributed by atoms with Crippen LogP contribution in [0.5, 0.6) is 0 Å². The summed E-state index contributed by atoms with van der Waals surface area (Å²) in [5.74, 6) is 0.913. The molecule has 2 heterocycles. The van der Waals surface area contributed by atoms with Crippen molar-refractivity contribution in [2.45, 2.75) is 6.54 Å². The summed E-state index contributed by atoms with van der Waals surface area (Å²) in [4.78, 5) is 6.06. The molecule has 0 atom stereocenters. The predicted molar refractivity (Wildman–Crippen MR) is 98.8 cm³/mol. The van der Waals surface area contributed by atoms with Crippen LogP contribution in [0.4, 0.5) is 5.82 Å². The Hall–Kier alpha value is -2.65. The molecule has 0 saturated heterocycles. The first-order chi connectivity index (χ1) is 11.4. The molecule has 2 aromatic carbocycles. The lowest BCUT2D eigenvalue weighted by atomic mass is 10.0. The number of hydrogen-bond donors (Lipinski definition) is 1. The van der Waals surface area contributed by atoms with Crippen LogP contribution in [0, 0.1) is 0 Å². The highest BCUT2D eigenvalue weighted by Crippen LogP contribution is 2.30. The first kappa shape index (κ1) is 14.0. The van der Waals surface area contributed by atoms with Crippen LogP contribution in [-0.4, -0.2) is 4.98 Å². The molecule has 0 spiro atoms. The van der Waals surface area contributed by atoms with Gasteiger partial charge in [0.2, 0.25) is 0 Å². The van der Waals surface area contributed by atoms with Crippen molar-refractivity contribution in [3.8, 4) is 11.1 Å². The number of fused-ring (bicyclic) bond motifs is 1. The lowest BCUT2D eigenvalue weighted by Crippen LogP contribution is -2.00. The molecule has 0 bridgehead atoms. The molecule has 2 nitrogen and oxygen atoms in total. The summed E-state index contributed by atoms with van der Waals surface area (Å²) in [5, 5.41) is 6.73. The van der Waals surface area contributed by atoms with Crippen LogP contribution in [-0.2, 0) is 6.54 Å². The highest BCUT2D eigenvalue weighted by molar-refractivity contribution is 7.09. The van der Waals surface area contributed by atoms with Crippen LogP contribution in [0.15, 0.2) is 78.2 Å². The van der Waals surface area contributed by atoms with E-state index in [2.05, 4.69) is 71.4 Å². The highest BCUT2D eigenvalue weighted by atomic mass is 32.1. The van der Waals surface area contributed by atoms with Gasteiger partial charge in [-0.1, -0.05) is 54.6 Å². The van der Waals surface area contributed by atoms with E-state index in [0.717, 1.165) is 17.9 Å². The minimum Gasteiger partial charge on any atom is -0.365 e. The molecule has 1 N–H and O–H groups in total. The summed E-state index contributed by atoms with van der Waals surface area (Å²) in [5.41, 5.74) is 3.44. The van der Waals surface area contributed by atoms with Gasteiger partial charge in [0.1, 0.15) is 5.82 Å². The van der Waals surface area contributed by atoms with Crippen molar-refractivity contribution < 1.29 is 0 Å². The average molecular weight is 316 g/mol. The summed E-state index contributed by atoms with van der Waals surface area (Å²) in [6.07, 6.45) is 0. The standard InChI is InChI=1S/C20H16N2S/c1-2-7-15(8-3-1)18-13-20(21-14-16-9-6-12-23-16)22-19-11-5-4-10-17(18)19/h1-13H,14H2,(H,21,22). The number of thiophene rings is 1. The molecule has 4 aromatic rings. The predicted octanol–water partition coefficient (Wildman–Crippen LogP) is 5.58. The average Bonchev–Trinajstić information content (AvgIpc) is 3.13. The summed E-state index contributed by atoms with van der Waals surface area (Å²) in [6.45, 7) is 0.803. The van der Waals surface area contributed by atoms with Crippen molar-refractivity contribution in [1.29, 1.82) is 0 Å². The fraction of sp³-hybridized carbons (Fsp3) is 0.0500. The Balaban J connectivity index is 1.77. The van der Waals surface area contributed by atoms with Crippen LogP contribution in [0.2, 0.25) is 0 Å². The highest BCUT2D eigenvalue weighted by Gasteiger charge is 2.07. The minimum absolute atomic E-state index is 0.803. The van der Waals surface area contributed by atoms with Gasteiger partial charge in [-0.3, -0.25) is 0 Å².